The van der Waals surface area contributed by atoms with E-state index >= 15 is 0 Å². The lowest BCUT2D eigenvalue weighted by atomic mass is 10.0. The van der Waals surface area contributed by atoms with E-state index in [1.165, 1.54) is 11.3 Å². The van der Waals surface area contributed by atoms with Crippen molar-refractivity contribution in [2.45, 2.75) is 32.9 Å². The fraction of sp³-hybridized carbons (Fsp3) is 0.267. The number of imidazole rings is 1. The highest BCUT2D eigenvalue weighted by molar-refractivity contribution is 6.30. The van der Waals surface area contributed by atoms with Crippen molar-refractivity contribution in [1.29, 1.82) is 0 Å². The monoisotopic (exact) mass is 498 g/mol. The van der Waals surface area contributed by atoms with E-state index in [9.17, 15) is 4.79 Å². The van der Waals surface area contributed by atoms with Gasteiger partial charge in [-0.05, 0) is 41.0 Å². The van der Waals surface area contributed by atoms with E-state index in [1.54, 1.807) is 0 Å². The Morgan fingerprint density at radius 3 is 2.64 bits per heavy atom. The average Bonchev–Trinajstić information content (AvgIpc) is 3.35. The Kier molecular flexibility index (Phi) is 7.38. The van der Waals surface area contributed by atoms with Gasteiger partial charge >= 0.3 is 0 Å². The van der Waals surface area contributed by atoms with Gasteiger partial charge in [0.1, 0.15) is 0 Å². The van der Waals surface area contributed by atoms with Crippen LogP contribution in [0.25, 0.3) is 10.8 Å². The largest absolute Gasteiger partial charge is 0.366 e. The molecule has 1 saturated heterocycles. The minimum absolute atomic E-state index is 0.0987. The number of hydrogen-bond donors (Lipinski definition) is 0. The van der Waals surface area contributed by atoms with E-state index in [0.29, 0.717) is 13.1 Å². The Labute approximate surface area is 217 Å². The van der Waals surface area contributed by atoms with E-state index in [2.05, 4.69) is 51.7 Å². The third-order valence-corrected chi connectivity index (χ3v) is 7.04. The van der Waals surface area contributed by atoms with E-state index in [-0.39, 0.29) is 5.91 Å². The summed E-state index contributed by atoms with van der Waals surface area (Å²) in [6, 6.07) is 22.0. The SMILES string of the molecule is CCC/C=C1\CN(C(=O)c2cccc3ccccc23)CCN1Cc1cncn1Cc1ccc(Cl)cc1. The number of allylic oxidation sites excluding steroid dienone is 1. The maximum atomic E-state index is 13.6. The molecule has 0 bridgehead atoms. The number of nitrogens with zero attached hydrogens (tertiary/aromatic N) is 4. The molecule has 0 radical (unpaired) electrons. The van der Waals surface area contributed by atoms with E-state index < -0.39 is 0 Å². The number of aromatic nitrogens is 2. The van der Waals surface area contributed by atoms with Crippen molar-refractivity contribution in [3.05, 3.63) is 113 Å². The molecule has 1 aromatic heterocycles. The number of unbranched alkanes of at least 4 members (excludes halogenated alkanes) is 1. The Morgan fingerprint density at radius 1 is 1.00 bits per heavy atom. The van der Waals surface area contributed by atoms with Crippen LogP contribution in [0.3, 0.4) is 0 Å². The first-order valence-electron chi connectivity index (χ1n) is 12.6. The topological polar surface area (TPSA) is 41.4 Å². The lowest BCUT2D eigenvalue weighted by Gasteiger charge is -2.38. The normalized spacial score (nSPS) is 15.1. The van der Waals surface area contributed by atoms with Crippen LogP contribution in [-0.2, 0) is 13.1 Å². The third kappa shape index (κ3) is 5.31. The molecule has 0 aliphatic carbocycles. The van der Waals surface area contributed by atoms with Gasteiger partial charge in [0.15, 0.2) is 0 Å². The Morgan fingerprint density at radius 2 is 1.81 bits per heavy atom. The van der Waals surface area contributed by atoms with Crippen molar-refractivity contribution in [2.24, 2.45) is 0 Å². The van der Waals surface area contributed by atoms with Crippen molar-refractivity contribution in [1.82, 2.24) is 19.4 Å². The number of carbonyl (C=O) groups excluding carboxylic acids is 1. The molecule has 4 aromatic rings. The number of rotatable bonds is 7. The summed E-state index contributed by atoms with van der Waals surface area (Å²) >= 11 is 6.05. The quantitative estimate of drug-likeness (QED) is 0.297. The van der Waals surface area contributed by atoms with Crippen LogP contribution in [0.4, 0.5) is 0 Å². The molecule has 36 heavy (non-hydrogen) atoms. The molecule has 2 heterocycles. The molecule has 0 saturated carbocycles. The number of amides is 1. The van der Waals surface area contributed by atoms with Crippen molar-refractivity contribution in [3.8, 4) is 0 Å². The van der Waals surface area contributed by atoms with E-state index in [1.807, 2.05) is 59.9 Å². The molecule has 6 heteroatoms. The fourth-order valence-corrected chi connectivity index (χ4v) is 4.93. The summed E-state index contributed by atoms with van der Waals surface area (Å²) in [5.74, 6) is 0.0987. The Bertz CT molecular complexity index is 1370. The minimum atomic E-state index is 0.0987. The van der Waals surface area contributed by atoms with Crippen LogP contribution in [0.2, 0.25) is 5.02 Å². The highest BCUT2D eigenvalue weighted by Crippen LogP contribution is 2.24. The van der Waals surface area contributed by atoms with Crippen molar-refractivity contribution >= 4 is 28.3 Å². The number of halogens is 1. The molecular formula is C30H31ClN4O. The predicted octanol–water partition coefficient (Wildman–Crippen LogP) is 6.38. The first kappa shape index (κ1) is 24.1. The lowest BCUT2D eigenvalue weighted by Crippen LogP contribution is -2.47. The van der Waals surface area contributed by atoms with Crippen molar-refractivity contribution in [2.75, 3.05) is 19.6 Å². The summed E-state index contributed by atoms with van der Waals surface area (Å²) in [5, 5.41) is 2.85. The van der Waals surface area contributed by atoms with Crippen LogP contribution in [-0.4, -0.2) is 44.9 Å². The van der Waals surface area contributed by atoms with E-state index in [4.69, 9.17) is 11.6 Å². The van der Waals surface area contributed by atoms with Gasteiger partial charge < -0.3 is 14.4 Å². The summed E-state index contributed by atoms with van der Waals surface area (Å²) in [6.45, 7) is 5.80. The standard InChI is InChI=1S/C30H31ClN4O/c1-2-3-9-26-20-34(30(36)29-11-6-8-24-7-4-5-10-28(24)29)17-16-33(26)21-27-18-32-22-35(27)19-23-12-14-25(31)15-13-23/h4-15,18,22H,2-3,16-17,19-21H2,1H3/b26-9+. The van der Waals surface area contributed by atoms with Crippen molar-refractivity contribution < 1.29 is 4.79 Å². The first-order chi connectivity index (χ1) is 17.6. The summed E-state index contributed by atoms with van der Waals surface area (Å²) in [6.07, 6.45) is 8.19. The fourth-order valence-electron chi connectivity index (χ4n) is 4.80. The van der Waals surface area contributed by atoms with Gasteiger partial charge in [-0.15, -0.1) is 0 Å². The molecular weight excluding hydrogens is 468 g/mol. The second kappa shape index (κ2) is 11.0. The maximum Gasteiger partial charge on any atom is 0.254 e. The molecule has 184 valence electrons. The van der Waals surface area contributed by atoms with E-state index in [0.717, 1.165) is 59.5 Å². The second-order valence-corrected chi connectivity index (χ2v) is 9.73. The van der Waals surface area contributed by atoms with Gasteiger partial charge in [0.2, 0.25) is 0 Å². The molecule has 0 N–H and O–H groups in total. The van der Waals surface area contributed by atoms with Crippen LogP contribution >= 0.6 is 11.6 Å². The summed E-state index contributed by atoms with van der Waals surface area (Å²) in [7, 11) is 0. The molecule has 1 fully saturated rings. The van der Waals surface area contributed by atoms with Crippen LogP contribution in [0.1, 0.15) is 41.4 Å². The van der Waals surface area contributed by atoms with Crippen LogP contribution in [0, 0.1) is 0 Å². The third-order valence-electron chi connectivity index (χ3n) is 6.79. The average molecular weight is 499 g/mol. The highest BCUT2D eigenvalue weighted by Gasteiger charge is 2.26. The van der Waals surface area contributed by atoms with Gasteiger partial charge in [-0.25, -0.2) is 4.98 Å². The molecule has 0 unspecified atom stereocenters. The summed E-state index contributed by atoms with van der Waals surface area (Å²) in [5.41, 5.74) is 4.32. The lowest BCUT2D eigenvalue weighted by molar-refractivity contribution is 0.0695. The number of piperazine rings is 1. The molecule has 5 rings (SSSR count). The number of carbonyl (C=O) groups is 1. The number of hydrogen-bond acceptors (Lipinski definition) is 3. The first-order valence-corrected chi connectivity index (χ1v) is 12.9. The molecule has 1 aliphatic rings. The Hall–Kier alpha value is -3.57. The van der Waals surface area contributed by atoms with Crippen LogP contribution in [0.5, 0.6) is 0 Å². The van der Waals surface area contributed by atoms with Crippen LogP contribution < -0.4 is 0 Å². The van der Waals surface area contributed by atoms with Gasteiger partial charge in [0.05, 0.1) is 25.1 Å². The molecule has 3 aromatic carbocycles. The summed E-state index contributed by atoms with van der Waals surface area (Å²) in [4.78, 5) is 22.4. The molecule has 0 atom stereocenters. The van der Waals surface area contributed by atoms with Crippen LogP contribution in [0.15, 0.2) is 91.0 Å². The second-order valence-electron chi connectivity index (χ2n) is 9.30. The molecule has 1 aliphatic heterocycles. The minimum Gasteiger partial charge on any atom is -0.366 e. The van der Waals surface area contributed by atoms with Gasteiger partial charge in [-0.2, -0.15) is 0 Å². The van der Waals surface area contributed by atoms with Gasteiger partial charge in [0.25, 0.3) is 5.91 Å². The number of benzene rings is 3. The molecule has 5 nitrogen and oxygen atoms in total. The maximum absolute atomic E-state index is 13.6. The predicted molar refractivity (Wildman–Crippen MR) is 146 cm³/mol. The highest BCUT2D eigenvalue weighted by atomic mass is 35.5. The Balaban J connectivity index is 1.33. The van der Waals surface area contributed by atoms with Gasteiger partial charge in [0, 0.05) is 42.1 Å². The number of fused-ring (bicyclic) bond motifs is 1. The van der Waals surface area contributed by atoms with Crippen molar-refractivity contribution in [3.63, 3.8) is 0 Å². The smallest absolute Gasteiger partial charge is 0.254 e. The zero-order chi connectivity index (χ0) is 24.9. The molecule has 0 spiro atoms. The summed E-state index contributed by atoms with van der Waals surface area (Å²) < 4.78 is 2.19. The van der Waals surface area contributed by atoms with Gasteiger partial charge in [-0.1, -0.05) is 79.6 Å². The zero-order valence-corrected chi connectivity index (χ0v) is 21.4. The zero-order valence-electron chi connectivity index (χ0n) is 20.6. The molecule has 1 amide bonds. The van der Waals surface area contributed by atoms with Gasteiger partial charge in [-0.3, -0.25) is 4.79 Å².